The molecule has 0 N–H and O–H groups in total. The SMILES string of the molecule is O=CCOC(=O)Cl. The molecule has 0 aliphatic rings. The van der Waals surface area contributed by atoms with Crippen molar-refractivity contribution in [1.29, 1.82) is 0 Å². The van der Waals surface area contributed by atoms with Crippen LogP contribution in [0.25, 0.3) is 0 Å². The summed E-state index contributed by atoms with van der Waals surface area (Å²) in [6.07, 6.45) is 0.445. The van der Waals surface area contributed by atoms with E-state index in [0.717, 1.165) is 0 Å². The van der Waals surface area contributed by atoms with Crippen molar-refractivity contribution in [2.45, 2.75) is 0 Å². The van der Waals surface area contributed by atoms with E-state index in [9.17, 15) is 9.59 Å². The number of ether oxygens (including phenoxy) is 1. The fourth-order valence-electron chi connectivity index (χ4n) is 0.0995. The summed E-state index contributed by atoms with van der Waals surface area (Å²) in [4.78, 5) is 19.0. The van der Waals surface area contributed by atoms with Crippen LogP contribution < -0.4 is 0 Å². The van der Waals surface area contributed by atoms with Gasteiger partial charge in [-0.15, -0.1) is 0 Å². The van der Waals surface area contributed by atoms with Crippen molar-refractivity contribution >= 4 is 23.3 Å². The van der Waals surface area contributed by atoms with Gasteiger partial charge in [0.2, 0.25) is 0 Å². The molecular weight excluding hydrogens is 119 g/mol. The van der Waals surface area contributed by atoms with E-state index in [1.54, 1.807) is 0 Å². The van der Waals surface area contributed by atoms with E-state index in [4.69, 9.17) is 0 Å². The lowest BCUT2D eigenvalue weighted by molar-refractivity contribution is -0.110. The average molecular weight is 123 g/mol. The first-order valence-electron chi connectivity index (χ1n) is 1.53. The van der Waals surface area contributed by atoms with Gasteiger partial charge in [0.15, 0.2) is 6.29 Å². The van der Waals surface area contributed by atoms with Crippen LogP contribution in [-0.4, -0.2) is 18.3 Å². The Morgan fingerprint density at radius 2 is 2.43 bits per heavy atom. The number of rotatable bonds is 2. The van der Waals surface area contributed by atoms with E-state index in [0.29, 0.717) is 6.29 Å². The maximum atomic E-state index is 9.59. The second kappa shape index (κ2) is 3.61. The Morgan fingerprint density at radius 1 is 1.86 bits per heavy atom. The predicted octanol–water partition coefficient (Wildman–Crippen LogP) is 0.561. The minimum Gasteiger partial charge on any atom is -0.446 e. The summed E-state index contributed by atoms with van der Waals surface area (Å²) < 4.78 is 3.95. The molecule has 0 bridgehead atoms. The van der Waals surface area contributed by atoms with Gasteiger partial charge in [0, 0.05) is 11.6 Å². The normalized spacial score (nSPS) is 7.57. The van der Waals surface area contributed by atoms with Crippen molar-refractivity contribution in [3.63, 3.8) is 0 Å². The zero-order valence-electron chi connectivity index (χ0n) is 3.39. The van der Waals surface area contributed by atoms with E-state index < -0.39 is 5.43 Å². The molecule has 0 fully saturated rings. The molecule has 0 radical (unpaired) electrons. The van der Waals surface area contributed by atoms with Crippen LogP contribution in [0.1, 0.15) is 0 Å². The number of aldehydes is 1. The van der Waals surface area contributed by atoms with Crippen LogP contribution in [-0.2, 0) is 9.53 Å². The van der Waals surface area contributed by atoms with Crippen LogP contribution in [0.15, 0.2) is 0 Å². The molecule has 0 saturated heterocycles. The molecule has 0 aromatic heterocycles. The Bertz CT molecular complexity index is 80.2. The zero-order chi connectivity index (χ0) is 5.70. The smallest absolute Gasteiger partial charge is 0.404 e. The summed E-state index contributed by atoms with van der Waals surface area (Å²) >= 11 is 4.64. The Morgan fingerprint density at radius 3 is 2.57 bits per heavy atom. The van der Waals surface area contributed by atoms with E-state index in [-0.39, 0.29) is 6.61 Å². The van der Waals surface area contributed by atoms with Crippen LogP contribution in [0.3, 0.4) is 0 Å². The third-order valence-electron chi connectivity index (χ3n) is 0.265. The minimum atomic E-state index is -0.952. The second-order valence-corrected chi connectivity index (χ2v) is 1.02. The molecule has 0 saturated carbocycles. The summed E-state index contributed by atoms with van der Waals surface area (Å²) in [6, 6.07) is 0. The topological polar surface area (TPSA) is 43.4 Å². The largest absolute Gasteiger partial charge is 0.446 e. The minimum absolute atomic E-state index is 0.262. The van der Waals surface area contributed by atoms with Gasteiger partial charge in [-0.05, 0) is 0 Å². The van der Waals surface area contributed by atoms with Crippen molar-refractivity contribution in [3.8, 4) is 0 Å². The third-order valence-corrected chi connectivity index (χ3v) is 0.374. The van der Waals surface area contributed by atoms with Gasteiger partial charge in [0.1, 0.15) is 6.61 Å². The molecular formula is C3H3ClO3. The molecule has 0 heterocycles. The number of carbonyl (C=O) groups excluding carboxylic acids is 2. The second-order valence-electron chi connectivity index (χ2n) is 0.715. The lowest BCUT2D eigenvalue weighted by Gasteiger charge is -1.86. The first kappa shape index (κ1) is 6.43. The van der Waals surface area contributed by atoms with Crippen LogP contribution >= 0.6 is 11.6 Å². The van der Waals surface area contributed by atoms with Gasteiger partial charge in [0.05, 0.1) is 0 Å². The summed E-state index contributed by atoms with van der Waals surface area (Å²) in [7, 11) is 0. The maximum absolute atomic E-state index is 9.59. The number of halogens is 1. The lowest BCUT2D eigenvalue weighted by atomic mass is 10.8. The van der Waals surface area contributed by atoms with Gasteiger partial charge < -0.3 is 4.74 Å². The van der Waals surface area contributed by atoms with E-state index in [1.807, 2.05) is 0 Å². The Labute approximate surface area is 45.2 Å². The first-order chi connectivity index (χ1) is 3.27. The van der Waals surface area contributed by atoms with Crippen LogP contribution in [0.4, 0.5) is 4.79 Å². The Hall–Kier alpha value is -0.570. The molecule has 0 amide bonds. The quantitative estimate of drug-likeness (QED) is 0.397. The molecule has 0 spiro atoms. The van der Waals surface area contributed by atoms with E-state index >= 15 is 0 Å². The van der Waals surface area contributed by atoms with Crippen molar-refractivity contribution < 1.29 is 14.3 Å². The fourth-order valence-corrected chi connectivity index (χ4v) is 0.163. The number of hydrogen-bond acceptors (Lipinski definition) is 3. The highest BCUT2D eigenvalue weighted by Gasteiger charge is 1.89. The van der Waals surface area contributed by atoms with Crippen molar-refractivity contribution in [1.82, 2.24) is 0 Å². The molecule has 0 aromatic rings. The van der Waals surface area contributed by atoms with Crippen molar-refractivity contribution in [3.05, 3.63) is 0 Å². The summed E-state index contributed by atoms with van der Waals surface area (Å²) in [6.45, 7) is -0.262. The number of carbonyl (C=O) groups is 2. The molecule has 7 heavy (non-hydrogen) atoms. The Kier molecular flexibility index (Phi) is 3.32. The highest BCUT2D eigenvalue weighted by Crippen LogP contribution is 1.82. The molecule has 4 heteroatoms. The first-order valence-corrected chi connectivity index (χ1v) is 1.91. The molecule has 40 valence electrons. The van der Waals surface area contributed by atoms with Crippen LogP contribution in [0.2, 0.25) is 0 Å². The lowest BCUT2D eigenvalue weighted by Crippen LogP contribution is -1.95. The third kappa shape index (κ3) is 5.43. The van der Waals surface area contributed by atoms with Crippen molar-refractivity contribution in [2.24, 2.45) is 0 Å². The van der Waals surface area contributed by atoms with Crippen LogP contribution in [0, 0.1) is 0 Å². The van der Waals surface area contributed by atoms with E-state index in [1.165, 1.54) is 0 Å². The summed E-state index contributed by atoms with van der Waals surface area (Å²) in [5.74, 6) is 0. The summed E-state index contributed by atoms with van der Waals surface area (Å²) in [5, 5.41) is 0. The molecule has 0 rings (SSSR count). The van der Waals surface area contributed by atoms with Gasteiger partial charge >= 0.3 is 5.43 Å². The van der Waals surface area contributed by atoms with Gasteiger partial charge in [-0.3, -0.25) is 4.79 Å². The van der Waals surface area contributed by atoms with Crippen molar-refractivity contribution in [2.75, 3.05) is 6.61 Å². The van der Waals surface area contributed by atoms with Gasteiger partial charge in [-0.25, -0.2) is 4.79 Å². The maximum Gasteiger partial charge on any atom is 0.404 e. The molecule has 0 atom stereocenters. The molecule has 0 aliphatic heterocycles. The zero-order valence-corrected chi connectivity index (χ0v) is 4.14. The summed E-state index contributed by atoms with van der Waals surface area (Å²) in [5.41, 5.74) is -0.952. The Balaban J connectivity index is 2.97. The molecule has 0 aliphatic carbocycles. The average Bonchev–Trinajstić information content (AvgIpc) is 1.61. The molecule has 0 unspecified atom stereocenters. The standard InChI is InChI=1S/C3H3ClO3/c4-3(6)7-2-1-5/h1H,2H2. The predicted molar refractivity (Wildman–Crippen MR) is 23.3 cm³/mol. The molecule has 0 aromatic carbocycles. The monoisotopic (exact) mass is 122 g/mol. The van der Waals surface area contributed by atoms with Gasteiger partial charge in [-0.2, -0.15) is 0 Å². The highest BCUT2D eigenvalue weighted by atomic mass is 35.5. The van der Waals surface area contributed by atoms with Crippen LogP contribution in [0.5, 0.6) is 0 Å². The fraction of sp³-hybridized carbons (Fsp3) is 0.333. The number of hydrogen-bond donors (Lipinski definition) is 0. The van der Waals surface area contributed by atoms with Gasteiger partial charge in [0.25, 0.3) is 0 Å². The van der Waals surface area contributed by atoms with E-state index in [2.05, 4.69) is 16.3 Å². The highest BCUT2D eigenvalue weighted by molar-refractivity contribution is 6.61. The van der Waals surface area contributed by atoms with Gasteiger partial charge in [-0.1, -0.05) is 0 Å². The molecule has 3 nitrogen and oxygen atoms in total.